The van der Waals surface area contributed by atoms with Gasteiger partial charge in [0.25, 0.3) is 0 Å². The lowest BCUT2D eigenvalue weighted by Crippen LogP contribution is -2.24. The summed E-state index contributed by atoms with van der Waals surface area (Å²) in [6, 6.07) is 5.83. The maximum absolute atomic E-state index is 12.0. The topological polar surface area (TPSA) is 125 Å². The Bertz CT molecular complexity index is 540. The molecule has 0 unspecified atom stereocenters. The number of rotatable bonds is 8. The van der Waals surface area contributed by atoms with Gasteiger partial charge in [-0.05, 0) is 37.2 Å². The second kappa shape index (κ2) is 7.83. The number of amidine groups is 1. The Balaban J connectivity index is 2.64. The summed E-state index contributed by atoms with van der Waals surface area (Å²) in [5.41, 5.74) is 5.85. The van der Waals surface area contributed by atoms with Crippen LogP contribution in [0.15, 0.2) is 34.3 Å². The Labute approximate surface area is 118 Å². The van der Waals surface area contributed by atoms with Crippen molar-refractivity contribution >= 4 is 15.7 Å². The van der Waals surface area contributed by atoms with Gasteiger partial charge < -0.3 is 21.4 Å². The fourth-order valence-electron chi connectivity index (χ4n) is 1.54. The van der Waals surface area contributed by atoms with E-state index in [0.717, 1.165) is 0 Å². The Hall–Kier alpha value is -1.64. The maximum atomic E-state index is 12.0. The molecule has 0 aliphatic heterocycles. The summed E-state index contributed by atoms with van der Waals surface area (Å²) in [4.78, 5) is 0.191. The number of hydrogen-bond donors (Lipinski definition) is 4. The minimum Gasteiger partial charge on any atom is -0.409 e. The van der Waals surface area contributed by atoms with Crippen LogP contribution in [0.4, 0.5) is 0 Å². The van der Waals surface area contributed by atoms with E-state index in [1.807, 2.05) is 0 Å². The number of oxime groups is 1. The molecule has 20 heavy (non-hydrogen) atoms. The molecule has 0 bridgehead atoms. The molecule has 0 aliphatic rings. The van der Waals surface area contributed by atoms with Gasteiger partial charge in [-0.2, -0.15) is 0 Å². The fraction of sp³-hybridized carbons (Fsp3) is 0.417. The molecular formula is C12H19N3O4S. The number of aliphatic hydroxyl groups excluding tert-OH is 1. The lowest BCUT2D eigenvalue weighted by Gasteiger charge is -2.06. The fourth-order valence-corrected chi connectivity index (χ4v) is 2.74. The van der Waals surface area contributed by atoms with Gasteiger partial charge in [-0.3, -0.25) is 0 Å². The van der Waals surface area contributed by atoms with Gasteiger partial charge in [0, 0.05) is 18.7 Å². The molecule has 0 aromatic heterocycles. The van der Waals surface area contributed by atoms with Gasteiger partial charge in [0.05, 0.1) is 10.6 Å². The first-order valence-electron chi connectivity index (χ1n) is 6.13. The molecule has 0 spiro atoms. The van der Waals surface area contributed by atoms with Crippen molar-refractivity contribution in [2.75, 3.05) is 25.4 Å². The van der Waals surface area contributed by atoms with Gasteiger partial charge in [-0.15, -0.1) is 0 Å². The first-order valence-corrected chi connectivity index (χ1v) is 7.79. The zero-order valence-electron chi connectivity index (χ0n) is 11.0. The summed E-state index contributed by atoms with van der Waals surface area (Å²) >= 11 is 0. The average Bonchev–Trinajstić information content (AvgIpc) is 2.46. The summed E-state index contributed by atoms with van der Waals surface area (Å²) in [6.45, 7) is 0.980. The highest BCUT2D eigenvalue weighted by molar-refractivity contribution is 7.91. The molecule has 0 saturated carbocycles. The molecule has 0 radical (unpaired) electrons. The van der Waals surface area contributed by atoms with E-state index in [9.17, 15) is 8.42 Å². The van der Waals surface area contributed by atoms with E-state index < -0.39 is 9.84 Å². The molecule has 0 fully saturated rings. The minimum atomic E-state index is -3.36. The van der Waals surface area contributed by atoms with Crippen LogP contribution in [0.3, 0.4) is 0 Å². The number of aliphatic hydroxyl groups is 1. The molecule has 0 aliphatic carbocycles. The van der Waals surface area contributed by atoms with Gasteiger partial charge in [0.1, 0.15) is 0 Å². The Kier molecular flexibility index (Phi) is 6.43. The molecule has 1 rings (SSSR count). The molecule has 112 valence electrons. The van der Waals surface area contributed by atoms with Crippen LogP contribution in [0.5, 0.6) is 0 Å². The summed E-state index contributed by atoms with van der Waals surface area (Å²) < 4.78 is 24.0. The molecule has 7 nitrogen and oxygen atoms in total. The second-order valence-corrected chi connectivity index (χ2v) is 6.26. The monoisotopic (exact) mass is 301 g/mol. The normalized spacial score (nSPS) is 12.6. The lowest BCUT2D eigenvalue weighted by molar-refractivity contribution is 0.286. The van der Waals surface area contributed by atoms with Crippen molar-refractivity contribution in [3.63, 3.8) is 0 Å². The van der Waals surface area contributed by atoms with Crippen LogP contribution in [0, 0.1) is 0 Å². The van der Waals surface area contributed by atoms with Crippen LogP contribution in [-0.4, -0.2) is 50.0 Å². The van der Waals surface area contributed by atoms with Crippen molar-refractivity contribution in [2.24, 2.45) is 10.9 Å². The number of nitrogens with two attached hydrogens (primary N) is 1. The van der Waals surface area contributed by atoms with Crippen LogP contribution >= 0.6 is 0 Å². The van der Waals surface area contributed by atoms with Crippen molar-refractivity contribution in [3.8, 4) is 0 Å². The number of nitrogens with one attached hydrogen (secondary N) is 1. The van der Waals surface area contributed by atoms with E-state index in [2.05, 4.69) is 10.5 Å². The number of nitrogens with zero attached hydrogens (tertiary/aromatic N) is 1. The number of sulfone groups is 1. The van der Waals surface area contributed by atoms with Gasteiger partial charge >= 0.3 is 0 Å². The van der Waals surface area contributed by atoms with E-state index in [1.165, 1.54) is 24.3 Å². The van der Waals surface area contributed by atoms with Crippen molar-refractivity contribution in [1.82, 2.24) is 5.32 Å². The maximum Gasteiger partial charge on any atom is 0.179 e. The first-order chi connectivity index (χ1) is 9.51. The predicted molar refractivity (Wildman–Crippen MR) is 75.6 cm³/mol. The molecule has 1 aromatic rings. The Morgan fingerprint density at radius 1 is 1.25 bits per heavy atom. The third kappa shape index (κ3) is 4.80. The summed E-state index contributed by atoms with van der Waals surface area (Å²) in [5.74, 6) is -0.0962. The highest BCUT2D eigenvalue weighted by atomic mass is 32.2. The standard InChI is InChI=1S/C12H19N3O4S/c13-12(15-17)10-2-4-11(5-3-10)20(18,19)9-7-14-6-1-8-16/h2-5,14,16-17H,1,6-9H2,(H2,13,15). The third-order valence-electron chi connectivity index (χ3n) is 2.68. The molecule has 0 heterocycles. The van der Waals surface area contributed by atoms with E-state index in [-0.39, 0.29) is 23.1 Å². The first kappa shape index (κ1) is 16.4. The molecule has 5 N–H and O–H groups in total. The van der Waals surface area contributed by atoms with Crippen molar-refractivity contribution < 1.29 is 18.7 Å². The number of hydrogen-bond acceptors (Lipinski definition) is 6. The molecule has 0 amide bonds. The van der Waals surface area contributed by atoms with E-state index in [0.29, 0.717) is 25.1 Å². The number of benzene rings is 1. The highest BCUT2D eigenvalue weighted by Crippen LogP contribution is 2.12. The van der Waals surface area contributed by atoms with Gasteiger partial charge in [0.2, 0.25) is 0 Å². The van der Waals surface area contributed by atoms with Crippen molar-refractivity contribution in [2.45, 2.75) is 11.3 Å². The van der Waals surface area contributed by atoms with Gasteiger partial charge in [-0.25, -0.2) is 8.42 Å². The summed E-state index contributed by atoms with van der Waals surface area (Å²) in [5, 5.41) is 22.9. The molecule has 8 heteroatoms. The Morgan fingerprint density at radius 2 is 1.90 bits per heavy atom. The lowest BCUT2D eigenvalue weighted by atomic mass is 10.2. The molecule has 0 atom stereocenters. The van der Waals surface area contributed by atoms with Crippen molar-refractivity contribution in [1.29, 1.82) is 0 Å². The van der Waals surface area contributed by atoms with Crippen LogP contribution in [0.1, 0.15) is 12.0 Å². The zero-order valence-corrected chi connectivity index (χ0v) is 11.8. The highest BCUT2D eigenvalue weighted by Gasteiger charge is 2.14. The average molecular weight is 301 g/mol. The molecule has 1 aromatic carbocycles. The summed E-state index contributed by atoms with van der Waals surface area (Å²) in [7, 11) is -3.36. The SMILES string of the molecule is N/C(=N/O)c1ccc(S(=O)(=O)CCNCCCO)cc1. The van der Waals surface area contributed by atoms with Gasteiger partial charge in [0.15, 0.2) is 15.7 Å². The second-order valence-electron chi connectivity index (χ2n) is 4.16. The minimum absolute atomic E-state index is 0.0264. The molecule has 0 saturated heterocycles. The van der Waals surface area contributed by atoms with E-state index in [4.69, 9.17) is 16.0 Å². The predicted octanol–water partition coefficient (Wildman–Crippen LogP) is -0.473. The largest absolute Gasteiger partial charge is 0.409 e. The van der Waals surface area contributed by atoms with Crippen LogP contribution in [0.25, 0.3) is 0 Å². The third-order valence-corrected chi connectivity index (χ3v) is 4.41. The van der Waals surface area contributed by atoms with Crippen LogP contribution in [-0.2, 0) is 9.84 Å². The smallest absolute Gasteiger partial charge is 0.179 e. The Morgan fingerprint density at radius 3 is 2.45 bits per heavy atom. The quantitative estimate of drug-likeness (QED) is 0.169. The van der Waals surface area contributed by atoms with Crippen LogP contribution < -0.4 is 11.1 Å². The van der Waals surface area contributed by atoms with E-state index >= 15 is 0 Å². The van der Waals surface area contributed by atoms with Crippen molar-refractivity contribution in [3.05, 3.63) is 29.8 Å². The zero-order chi connectivity index (χ0) is 15.0. The summed E-state index contributed by atoms with van der Waals surface area (Å²) in [6.07, 6.45) is 0.592. The van der Waals surface area contributed by atoms with Crippen LogP contribution in [0.2, 0.25) is 0 Å². The molecular weight excluding hydrogens is 282 g/mol. The van der Waals surface area contributed by atoms with E-state index in [1.54, 1.807) is 0 Å². The van der Waals surface area contributed by atoms with Gasteiger partial charge in [-0.1, -0.05) is 5.16 Å².